The van der Waals surface area contributed by atoms with Gasteiger partial charge in [0.1, 0.15) is 17.6 Å². The number of aryl methyl sites for hydroxylation is 2. The van der Waals surface area contributed by atoms with Crippen LogP contribution in [0.5, 0.6) is 5.75 Å². The van der Waals surface area contributed by atoms with E-state index in [9.17, 15) is 14.4 Å². The molecule has 9 heteroatoms. The highest BCUT2D eigenvalue weighted by atomic mass is 79.9. The average molecular weight is 608 g/mol. The SMILES string of the molecule is Cc1ccc(N2C(=O)C3Sc4[nH]c(=O)sc4[C@H](c4cc(Br)ccc4OCc4cccc(C)c4)C3C2=O)cc1. The van der Waals surface area contributed by atoms with E-state index in [1.807, 2.05) is 62.4 Å². The second-order valence-corrected chi connectivity index (χ2v) is 12.6. The van der Waals surface area contributed by atoms with Crippen molar-refractivity contribution in [1.82, 2.24) is 4.98 Å². The number of ether oxygens (including phenoxy) is 1. The van der Waals surface area contributed by atoms with Gasteiger partial charge in [-0.25, -0.2) is 4.90 Å². The monoisotopic (exact) mass is 606 g/mol. The van der Waals surface area contributed by atoms with Gasteiger partial charge in [-0.2, -0.15) is 0 Å². The van der Waals surface area contributed by atoms with Gasteiger partial charge >= 0.3 is 4.87 Å². The summed E-state index contributed by atoms with van der Waals surface area (Å²) in [4.78, 5) is 44.9. The third-order valence-corrected chi connectivity index (χ3v) is 9.79. The number of thioether (sulfide) groups is 1. The minimum atomic E-state index is -0.677. The van der Waals surface area contributed by atoms with Gasteiger partial charge in [-0.3, -0.25) is 14.4 Å². The van der Waals surface area contributed by atoms with Gasteiger partial charge in [0.25, 0.3) is 0 Å². The van der Waals surface area contributed by atoms with E-state index in [2.05, 4.69) is 27.0 Å². The lowest BCUT2D eigenvalue weighted by molar-refractivity contribution is -0.122. The lowest BCUT2D eigenvalue weighted by atomic mass is 9.82. The molecular formula is C29H23BrN2O4S2. The zero-order chi connectivity index (χ0) is 26.6. The molecule has 0 saturated carbocycles. The zero-order valence-corrected chi connectivity index (χ0v) is 23.8. The van der Waals surface area contributed by atoms with E-state index in [1.54, 1.807) is 12.1 Å². The third kappa shape index (κ3) is 4.42. The number of hydrogen-bond acceptors (Lipinski definition) is 6. The van der Waals surface area contributed by atoms with Crippen LogP contribution in [0.2, 0.25) is 0 Å². The molecule has 1 aromatic heterocycles. The van der Waals surface area contributed by atoms with E-state index in [0.29, 0.717) is 23.1 Å². The Hall–Kier alpha value is -3.14. The van der Waals surface area contributed by atoms with Crippen molar-refractivity contribution in [3.8, 4) is 5.75 Å². The quantitative estimate of drug-likeness (QED) is 0.274. The second kappa shape index (κ2) is 9.87. The molecule has 0 aliphatic carbocycles. The van der Waals surface area contributed by atoms with Crippen LogP contribution in [-0.4, -0.2) is 22.0 Å². The van der Waals surface area contributed by atoms with Crippen molar-refractivity contribution in [3.05, 3.63) is 108 Å². The van der Waals surface area contributed by atoms with Crippen LogP contribution in [0, 0.1) is 19.8 Å². The summed E-state index contributed by atoms with van der Waals surface area (Å²) in [7, 11) is 0. The van der Waals surface area contributed by atoms with Gasteiger partial charge < -0.3 is 9.72 Å². The predicted octanol–water partition coefficient (Wildman–Crippen LogP) is 6.19. The number of aromatic nitrogens is 1. The maximum Gasteiger partial charge on any atom is 0.305 e. The summed E-state index contributed by atoms with van der Waals surface area (Å²) in [6.07, 6.45) is 0. The molecule has 0 radical (unpaired) electrons. The van der Waals surface area contributed by atoms with Gasteiger partial charge in [0, 0.05) is 20.8 Å². The Morgan fingerprint density at radius 3 is 2.50 bits per heavy atom. The first-order chi connectivity index (χ1) is 18.3. The Balaban J connectivity index is 1.45. The van der Waals surface area contributed by atoms with Crippen molar-refractivity contribution in [2.24, 2.45) is 5.92 Å². The molecule has 2 aliphatic rings. The van der Waals surface area contributed by atoms with E-state index in [4.69, 9.17) is 4.74 Å². The van der Waals surface area contributed by atoms with Crippen LogP contribution in [0.4, 0.5) is 5.69 Å². The number of thiazole rings is 1. The molecule has 38 heavy (non-hydrogen) atoms. The Bertz CT molecular complexity index is 1630. The molecule has 0 spiro atoms. The largest absolute Gasteiger partial charge is 0.489 e. The highest BCUT2D eigenvalue weighted by molar-refractivity contribution is 9.10. The molecule has 1 saturated heterocycles. The number of halogens is 1. The first kappa shape index (κ1) is 25.2. The Morgan fingerprint density at radius 2 is 1.74 bits per heavy atom. The summed E-state index contributed by atoms with van der Waals surface area (Å²) >= 11 is 5.94. The topological polar surface area (TPSA) is 79.5 Å². The number of anilines is 1. The van der Waals surface area contributed by atoms with Gasteiger partial charge in [0.2, 0.25) is 11.8 Å². The number of nitrogens with one attached hydrogen (secondary N) is 1. The average Bonchev–Trinajstić information content (AvgIpc) is 3.38. The number of carbonyl (C=O) groups is 2. The van der Waals surface area contributed by atoms with Crippen molar-refractivity contribution < 1.29 is 14.3 Å². The number of carbonyl (C=O) groups excluding carboxylic acids is 2. The van der Waals surface area contributed by atoms with E-state index in [-0.39, 0.29) is 16.7 Å². The molecule has 192 valence electrons. The summed E-state index contributed by atoms with van der Waals surface area (Å²) in [6, 6.07) is 21.2. The lowest BCUT2D eigenvalue weighted by Gasteiger charge is -2.31. The number of amides is 2. The molecule has 2 aliphatic heterocycles. The Kier molecular flexibility index (Phi) is 6.53. The highest BCUT2D eigenvalue weighted by Gasteiger charge is 2.56. The fourth-order valence-corrected chi connectivity index (χ4v) is 8.04. The standard InChI is InChI=1S/C29H23BrN2O4S2/c1-15-6-9-19(10-7-15)32-27(33)23-22(24-26(31-29(35)38-24)37-25(23)28(32)34)20-13-18(30)8-11-21(20)36-14-17-5-3-4-16(2)12-17/h3-13,22-23,25H,14H2,1-2H3,(H,31,35)/t22-,23?,25?/m1/s1. The maximum absolute atomic E-state index is 14.0. The molecule has 3 heterocycles. The van der Waals surface area contributed by atoms with Gasteiger partial charge in [-0.05, 0) is 49.7 Å². The van der Waals surface area contributed by atoms with Gasteiger partial charge in [0.15, 0.2) is 0 Å². The molecule has 2 unspecified atom stereocenters. The molecule has 4 aromatic rings. The van der Waals surface area contributed by atoms with E-state index >= 15 is 0 Å². The molecule has 1 N–H and O–H groups in total. The number of fused-ring (bicyclic) bond motifs is 2. The van der Waals surface area contributed by atoms with Crippen LogP contribution < -0.4 is 14.5 Å². The van der Waals surface area contributed by atoms with E-state index in [0.717, 1.165) is 42.9 Å². The molecular weight excluding hydrogens is 584 g/mol. The summed E-state index contributed by atoms with van der Waals surface area (Å²) in [5.41, 5.74) is 4.54. The van der Waals surface area contributed by atoms with Crippen LogP contribution in [-0.2, 0) is 16.2 Å². The van der Waals surface area contributed by atoms with Crippen LogP contribution in [0.3, 0.4) is 0 Å². The first-order valence-electron chi connectivity index (χ1n) is 12.1. The predicted molar refractivity (Wildman–Crippen MR) is 153 cm³/mol. The molecule has 3 aromatic carbocycles. The van der Waals surface area contributed by atoms with Crippen molar-refractivity contribution >= 4 is 56.5 Å². The van der Waals surface area contributed by atoms with Crippen molar-refractivity contribution in [2.75, 3.05) is 4.90 Å². The van der Waals surface area contributed by atoms with E-state index in [1.165, 1.54) is 16.7 Å². The van der Waals surface area contributed by atoms with Gasteiger partial charge in [-0.1, -0.05) is 86.6 Å². The number of H-pyrrole nitrogens is 1. The minimum Gasteiger partial charge on any atom is -0.489 e. The zero-order valence-electron chi connectivity index (χ0n) is 20.6. The number of aromatic amines is 1. The van der Waals surface area contributed by atoms with Crippen LogP contribution in [0.25, 0.3) is 0 Å². The van der Waals surface area contributed by atoms with Crippen molar-refractivity contribution in [3.63, 3.8) is 0 Å². The third-order valence-electron chi connectivity index (χ3n) is 6.90. The fourth-order valence-electron chi connectivity index (χ4n) is 5.16. The Morgan fingerprint density at radius 1 is 0.947 bits per heavy atom. The minimum absolute atomic E-state index is 0.208. The molecule has 6 nitrogen and oxygen atoms in total. The smallest absolute Gasteiger partial charge is 0.305 e. The first-order valence-corrected chi connectivity index (χ1v) is 14.6. The van der Waals surface area contributed by atoms with Crippen LogP contribution in [0.15, 0.2) is 81.0 Å². The summed E-state index contributed by atoms with van der Waals surface area (Å²) in [6.45, 7) is 4.35. The summed E-state index contributed by atoms with van der Waals surface area (Å²) in [5, 5.41) is -0.0158. The Labute approximate surface area is 236 Å². The number of imide groups is 1. The van der Waals surface area contributed by atoms with Crippen molar-refractivity contribution in [2.45, 2.75) is 36.6 Å². The lowest BCUT2D eigenvalue weighted by Crippen LogP contribution is -2.32. The molecule has 2 amide bonds. The number of hydrogen-bond donors (Lipinski definition) is 1. The van der Waals surface area contributed by atoms with Gasteiger partial charge in [0.05, 0.1) is 16.6 Å². The number of nitrogens with zero attached hydrogens (tertiary/aromatic N) is 1. The molecule has 3 atom stereocenters. The highest BCUT2D eigenvalue weighted by Crippen LogP contribution is 2.54. The molecule has 0 bridgehead atoms. The van der Waals surface area contributed by atoms with Gasteiger partial charge in [-0.15, -0.1) is 0 Å². The normalized spacial score (nSPS) is 20.4. The van der Waals surface area contributed by atoms with E-state index < -0.39 is 17.1 Å². The summed E-state index contributed by atoms with van der Waals surface area (Å²) < 4.78 is 7.14. The maximum atomic E-state index is 14.0. The van der Waals surface area contributed by atoms with Crippen molar-refractivity contribution in [1.29, 1.82) is 0 Å². The number of rotatable bonds is 5. The fraction of sp³-hybridized carbons (Fsp3) is 0.207. The van der Waals surface area contributed by atoms with Crippen LogP contribution >= 0.6 is 39.0 Å². The summed E-state index contributed by atoms with van der Waals surface area (Å²) in [5.74, 6) is -1.11. The van der Waals surface area contributed by atoms with Crippen LogP contribution in [0.1, 0.15) is 33.0 Å². The molecule has 1 fully saturated rings. The second-order valence-electron chi connectivity index (χ2n) is 9.56. The molecule has 6 rings (SSSR count). The number of benzene rings is 3.